The lowest BCUT2D eigenvalue weighted by Gasteiger charge is -2.29. The van der Waals surface area contributed by atoms with Gasteiger partial charge in [-0.2, -0.15) is 5.10 Å². The number of thioether (sulfide) groups is 1. The van der Waals surface area contributed by atoms with Crippen LogP contribution in [0.2, 0.25) is 0 Å². The molecule has 8 nitrogen and oxygen atoms in total. The molecule has 1 amide bonds. The highest BCUT2D eigenvalue weighted by Gasteiger charge is 2.43. The predicted octanol–water partition coefficient (Wildman–Crippen LogP) is 4.58. The third-order valence-electron chi connectivity index (χ3n) is 6.13. The van der Waals surface area contributed by atoms with Gasteiger partial charge >= 0.3 is 5.97 Å². The Morgan fingerprint density at radius 2 is 1.86 bits per heavy atom. The minimum absolute atomic E-state index is 0.0190. The van der Waals surface area contributed by atoms with E-state index in [2.05, 4.69) is 28.4 Å². The van der Waals surface area contributed by atoms with E-state index in [0.29, 0.717) is 9.47 Å². The van der Waals surface area contributed by atoms with E-state index in [-0.39, 0.29) is 30.2 Å². The standard InChI is InChI=1S/C26H25N5O3S2/c27-25-28-29-26(36-25)35-16-22(33)34-15-21(32)31-24(18-10-5-2-6-11-18)20-13-7-12-19(23(20)30-31)14-17-8-3-1-4-9-17/h1-6,8-11,14,20,24H,7,12-13,15-16H2,(H2,27,28)/b19-14+. The van der Waals surface area contributed by atoms with Crippen molar-refractivity contribution >= 4 is 51.9 Å². The SMILES string of the molecule is Nc1nnc(SCC(=O)OCC(=O)N2N=C3/C(=C/c4ccccc4)CCCC3C2c2ccccc2)s1. The third kappa shape index (κ3) is 5.50. The zero-order valence-corrected chi connectivity index (χ0v) is 21.1. The van der Waals surface area contributed by atoms with Gasteiger partial charge < -0.3 is 10.5 Å². The number of rotatable bonds is 7. The highest BCUT2D eigenvalue weighted by Crippen LogP contribution is 2.44. The van der Waals surface area contributed by atoms with E-state index in [1.165, 1.54) is 28.1 Å². The number of nitrogens with zero attached hydrogens (tertiary/aromatic N) is 4. The van der Waals surface area contributed by atoms with Gasteiger partial charge in [-0.05, 0) is 42.0 Å². The van der Waals surface area contributed by atoms with E-state index in [4.69, 9.17) is 15.6 Å². The van der Waals surface area contributed by atoms with E-state index >= 15 is 0 Å². The van der Waals surface area contributed by atoms with Gasteiger partial charge in [0.05, 0.1) is 17.5 Å². The first-order valence-corrected chi connectivity index (χ1v) is 13.5. The van der Waals surface area contributed by atoms with Crippen LogP contribution in [0.3, 0.4) is 0 Å². The molecule has 1 aliphatic heterocycles. The number of esters is 1. The molecule has 5 rings (SSSR count). The average Bonchev–Trinajstić information content (AvgIpc) is 3.51. The van der Waals surface area contributed by atoms with Crippen molar-refractivity contribution in [1.29, 1.82) is 0 Å². The number of nitrogens with two attached hydrogens (primary N) is 1. The van der Waals surface area contributed by atoms with Crippen LogP contribution < -0.4 is 5.73 Å². The highest BCUT2D eigenvalue weighted by atomic mass is 32.2. The van der Waals surface area contributed by atoms with Gasteiger partial charge in [0.15, 0.2) is 10.9 Å². The monoisotopic (exact) mass is 519 g/mol. The molecule has 0 saturated heterocycles. The molecule has 0 bridgehead atoms. The van der Waals surface area contributed by atoms with Crippen molar-refractivity contribution in [2.24, 2.45) is 11.0 Å². The molecule has 184 valence electrons. The van der Waals surface area contributed by atoms with Crippen LogP contribution in [-0.4, -0.2) is 45.2 Å². The van der Waals surface area contributed by atoms with Crippen molar-refractivity contribution in [3.05, 3.63) is 77.4 Å². The van der Waals surface area contributed by atoms with Gasteiger partial charge in [0.1, 0.15) is 0 Å². The number of anilines is 1. The summed E-state index contributed by atoms with van der Waals surface area (Å²) in [6, 6.07) is 19.9. The van der Waals surface area contributed by atoms with Crippen LogP contribution in [0.4, 0.5) is 5.13 Å². The second-order valence-corrected chi connectivity index (χ2v) is 10.7. The quantitative estimate of drug-likeness (QED) is 0.359. The Balaban J connectivity index is 1.33. The normalized spacial score (nSPS) is 20.2. The first-order valence-electron chi connectivity index (χ1n) is 11.7. The van der Waals surface area contributed by atoms with Gasteiger partial charge in [-0.15, -0.1) is 10.2 Å². The van der Waals surface area contributed by atoms with Crippen LogP contribution in [0.25, 0.3) is 6.08 Å². The maximum atomic E-state index is 13.3. The maximum absolute atomic E-state index is 13.3. The van der Waals surface area contributed by atoms with Crippen molar-refractivity contribution in [2.45, 2.75) is 29.6 Å². The first kappa shape index (κ1) is 24.2. The van der Waals surface area contributed by atoms with Crippen LogP contribution in [-0.2, 0) is 14.3 Å². The van der Waals surface area contributed by atoms with E-state index in [1.54, 1.807) is 0 Å². The predicted molar refractivity (Wildman–Crippen MR) is 141 cm³/mol. The Morgan fingerprint density at radius 1 is 1.11 bits per heavy atom. The van der Waals surface area contributed by atoms with Crippen LogP contribution in [0, 0.1) is 5.92 Å². The molecule has 0 spiro atoms. The van der Waals surface area contributed by atoms with Gasteiger partial charge in [-0.3, -0.25) is 9.59 Å². The Kier molecular flexibility index (Phi) is 7.43. The average molecular weight is 520 g/mol. The third-order valence-corrected chi connectivity index (χ3v) is 7.99. The lowest BCUT2D eigenvalue weighted by atomic mass is 9.77. The first-order chi connectivity index (χ1) is 17.6. The van der Waals surface area contributed by atoms with Crippen LogP contribution in [0.5, 0.6) is 0 Å². The number of amides is 1. The minimum atomic E-state index is -0.507. The summed E-state index contributed by atoms with van der Waals surface area (Å²) in [6.07, 6.45) is 5.04. The fraction of sp³-hybridized carbons (Fsp3) is 0.269. The Hall–Kier alpha value is -3.50. The van der Waals surface area contributed by atoms with Crippen LogP contribution in [0.15, 0.2) is 75.7 Å². The van der Waals surface area contributed by atoms with Gasteiger partial charge in [0.2, 0.25) is 5.13 Å². The lowest BCUT2D eigenvalue weighted by Crippen LogP contribution is -2.34. The second kappa shape index (κ2) is 11.0. The number of hydrazone groups is 1. The number of aromatic nitrogens is 2. The number of hydrogen-bond acceptors (Lipinski definition) is 9. The molecular weight excluding hydrogens is 494 g/mol. The zero-order valence-electron chi connectivity index (χ0n) is 19.4. The van der Waals surface area contributed by atoms with Crippen molar-refractivity contribution in [1.82, 2.24) is 15.2 Å². The van der Waals surface area contributed by atoms with Gasteiger partial charge in [0.25, 0.3) is 5.91 Å². The summed E-state index contributed by atoms with van der Waals surface area (Å²) < 4.78 is 5.87. The summed E-state index contributed by atoms with van der Waals surface area (Å²) in [5.74, 6) is -0.740. The van der Waals surface area contributed by atoms with Crippen molar-refractivity contribution in [2.75, 3.05) is 18.1 Å². The molecule has 10 heteroatoms. The fourth-order valence-electron chi connectivity index (χ4n) is 4.59. The number of carbonyl (C=O) groups excluding carboxylic acids is 2. The number of allylic oxidation sites excluding steroid dienone is 1. The molecule has 2 N–H and O–H groups in total. The molecule has 2 aromatic carbocycles. The Bertz CT molecular complexity index is 1290. The van der Waals surface area contributed by atoms with Gasteiger partial charge in [0, 0.05) is 5.92 Å². The van der Waals surface area contributed by atoms with Gasteiger partial charge in [-0.1, -0.05) is 83.8 Å². The molecule has 3 aromatic rings. The van der Waals surface area contributed by atoms with Crippen molar-refractivity contribution in [3.63, 3.8) is 0 Å². The Morgan fingerprint density at radius 3 is 2.58 bits per heavy atom. The highest BCUT2D eigenvalue weighted by molar-refractivity contribution is 8.01. The molecule has 1 saturated carbocycles. The maximum Gasteiger partial charge on any atom is 0.316 e. The number of benzene rings is 2. The molecule has 0 radical (unpaired) electrons. The number of hydrogen-bond donors (Lipinski definition) is 1. The van der Waals surface area contributed by atoms with Crippen LogP contribution in [0.1, 0.15) is 36.4 Å². The largest absolute Gasteiger partial charge is 0.455 e. The molecule has 2 unspecified atom stereocenters. The Labute approximate surface area is 217 Å². The molecule has 2 heterocycles. The lowest BCUT2D eigenvalue weighted by molar-refractivity contribution is -0.151. The summed E-state index contributed by atoms with van der Waals surface area (Å²) in [5.41, 5.74) is 9.80. The fourth-order valence-corrected chi connectivity index (χ4v) is 6.02. The molecular formula is C26H25N5O3S2. The summed E-state index contributed by atoms with van der Waals surface area (Å²) in [7, 11) is 0. The minimum Gasteiger partial charge on any atom is -0.455 e. The topological polar surface area (TPSA) is 111 Å². The van der Waals surface area contributed by atoms with E-state index in [0.717, 1.165) is 41.7 Å². The van der Waals surface area contributed by atoms with Gasteiger partial charge in [-0.25, -0.2) is 5.01 Å². The summed E-state index contributed by atoms with van der Waals surface area (Å²) in [5, 5.41) is 14.3. The molecule has 1 fully saturated rings. The summed E-state index contributed by atoms with van der Waals surface area (Å²) >= 11 is 2.38. The van der Waals surface area contributed by atoms with E-state index in [9.17, 15) is 9.59 Å². The second-order valence-electron chi connectivity index (χ2n) is 8.51. The number of ether oxygens (including phenoxy) is 1. The number of fused-ring (bicyclic) bond motifs is 1. The molecule has 2 aliphatic rings. The molecule has 2 atom stereocenters. The van der Waals surface area contributed by atoms with Crippen molar-refractivity contribution in [3.8, 4) is 0 Å². The van der Waals surface area contributed by atoms with E-state index in [1.807, 2.05) is 48.5 Å². The molecule has 1 aliphatic carbocycles. The molecule has 36 heavy (non-hydrogen) atoms. The number of nitrogen functional groups attached to an aromatic ring is 1. The van der Waals surface area contributed by atoms with Crippen LogP contribution >= 0.6 is 23.1 Å². The smallest absolute Gasteiger partial charge is 0.316 e. The zero-order chi connectivity index (χ0) is 24.9. The van der Waals surface area contributed by atoms with E-state index < -0.39 is 5.97 Å². The molecule has 1 aromatic heterocycles. The summed E-state index contributed by atoms with van der Waals surface area (Å²) in [6.45, 7) is -0.373. The van der Waals surface area contributed by atoms with Crippen molar-refractivity contribution < 1.29 is 14.3 Å². The number of carbonyl (C=O) groups is 2. The summed E-state index contributed by atoms with van der Waals surface area (Å²) in [4.78, 5) is 25.6.